The molecule has 0 heterocycles. The Kier molecular flexibility index (Phi) is 5.30. The molecular weight excluding hydrogens is 361 g/mol. The highest BCUT2D eigenvalue weighted by molar-refractivity contribution is 7.92. The third-order valence-electron chi connectivity index (χ3n) is 3.06. The second-order valence-corrected chi connectivity index (χ2v) is 6.68. The summed E-state index contributed by atoms with van der Waals surface area (Å²) in [6.45, 7) is 0. The van der Waals surface area contributed by atoms with E-state index < -0.39 is 21.8 Å². The highest BCUT2D eigenvalue weighted by Crippen LogP contribution is 2.26. The Hall–Kier alpha value is -2.32. The van der Waals surface area contributed by atoms with E-state index in [0.717, 1.165) is 18.2 Å². The largest absolute Gasteiger partial charge is 0.496 e. The standard InChI is InChI=1S/C15H13ClFNO5S/c1-22-14-7-9(3-5-11(14)15(19)23-2)18-24(20,21)10-4-6-13(17)12(16)8-10/h3-8,18H,1-2H3. The molecule has 2 aromatic carbocycles. The molecule has 24 heavy (non-hydrogen) atoms. The summed E-state index contributed by atoms with van der Waals surface area (Å²) in [5.74, 6) is -1.20. The van der Waals surface area contributed by atoms with Gasteiger partial charge in [0.1, 0.15) is 17.1 Å². The van der Waals surface area contributed by atoms with E-state index in [1.165, 1.54) is 32.4 Å². The van der Waals surface area contributed by atoms with E-state index in [1.54, 1.807) is 0 Å². The van der Waals surface area contributed by atoms with Crippen LogP contribution >= 0.6 is 11.6 Å². The van der Waals surface area contributed by atoms with Gasteiger partial charge >= 0.3 is 5.97 Å². The number of benzene rings is 2. The molecule has 0 radical (unpaired) electrons. The SMILES string of the molecule is COC(=O)c1ccc(NS(=O)(=O)c2ccc(F)c(Cl)c2)cc1OC. The first-order chi connectivity index (χ1) is 11.3. The van der Waals surface area contributed by atoms with Crippen molar-refractivity contribution in [2.24, 2.45) is 0 Å². The fourth-order valence-corrected chi connectivity index (χ4v) is 3.21. The maximum absolute atomic E-state index is 13.2. The van der Waals surface area contributed by atoms with Gasteiger partial charge in [-0.3, -0.25) is 4.72 Å². The average molecular weight is 374 g/mol. The summed E-state index contributed by atoms with van der Waals surface area (Å²) in [7, 11) is -1.44. The number of hydrogen-bond donors (Lipinski definition) is 1. The maximum Gasteiger partial charge on any atom is 0.341 e. The number of nitrogens with one attached hydrogen (secondary N) is 1. The normalized spacial score (nSPS) is 11.0. The molecule has 0 atom stereocenters. The van der Waals surface area contributed by atoms with Gasteiger partial charge in [0, 0.05) is 6.07 Å². The van der Waals surface area contributed by atoms with Crippen molar-refractivity contribution >= 4 is 33.3 Å². The van der Waals surface area contributed by atoms with Gasteiger partial charge in [0.15, 0.2) is 0 Å². The number of rotatable bonds is 5. The number of hydrogen-bond acceptors (Lipinski definition) is 5. The Bertz CT molecular complexity index is 885. The van der Waals surface area contributed by atoms with Gasteiger partial charge in [0.05, 0.1) is 29.8 Å². The van der Waals surface area contributed by atoms with Crippen LogP contribution in [0.15, 0.2) is 41.3 Å². The van der Waals surface area contributed by atoms with Crippen molar-refractivity contribution in [3.05, 3.63) is 52.8 Å². The van der Waals surface area contributed by atoms with Crippen LogP contribution in [0.1, 0.15) is 10.4 Å². The van der Waals surface area contributed by atoms with Crippen LogP contribution in [-0.2, 0) is 14.8 Å². The van der Waals surface area contributed by atoms with E-state index in [9.17, 15) is 17.6 Å². The molecule has 0 unspecified atom stereocenters. The molecule has 2 aromatic rings. The molecule has 128 valence electrons. The molecule has 0 amide bonds. The predicted molar refractivity (Wildman–Crippen MR) is 86.6 cm³/mol. The van der Waals surface area contributed by atoms with E-state index >= 15 is 0 Å². The van der Waals surface area contributed by atoms with Crippen molar-refractivity contribution in [2.75, 3.05) is 18.9 Å². The van der Waals surface area contributed by atoms with Gasteiger partial charge in [-0.1, -0.05) is 11.6 Å². The summed E-state index contributed by atoms with van der Waals surface area (Å²) in [4.78, 5) is 11.4. The number of ether oxygens (including phenoxy) is 2. The first-order valence-corrected chi connectivity index (χ1v) is 8.39. The molecule has 0 saturated carbocycles. The molecule has 9 heteroatoms. The van der Waals surface area contributed by atoms with Crippen LogP contribution in [0.4, 0.5) is 10.1 Å². The fourth-order valence-electron chi connectivity index (χ4n) is 1.89. The monoisotopic (exact) mass is 373 g/mol. The van der Waals surface area contributed by atoms with Crippen LogP contribution in [0.25, 0.3) is 0 Å². The minimum Gasteiger partial charge on any atom is -0.496 e. The zero-order chi connectivity index (χ0) is 17.9. The Morgan fingerprint density at radius 3 is 2.46 bits per heavy atom. The zero-order valence-electron chi connectivity index (χ0n) is 12.7. The Morgan fingerprint density at radius 2 is 1.88 bits per heavy atom. The van der Waals surface area contributed by atoms with Crippen LogP contribution < -0.4 is 9.46 Å². The molecule has 0 saturated heterocycles. The lowest BCUT2D eigenvalue weighted by atomic mass is 10.2. The Morgan fingerprint density at radius 1 is 1.17 bits per heavy atom. The van der Waals surface area contributed by atoms with E-state index in [4.69, 9.17) is 16.3 Å². The number of halogens is 2. The molecule has 0 aromatic heterocycles. The lowest BCUT2D eigenvalue weighted by Gasteiger charge is -2.12. The van der Waals surface area contributed by atoms with Crippen molar-refractivity contribution < 1.29 is 27.1 Å². The maximum atomic E-state index is 13.2. The van der Waals surface area contributed by atoms with E-state index in [-0.39, 0.29) is 26.9 Å². The quantitative estimate of drug-likeness (QED) is 0.814. The molecular formula is C15H13ClFNO5S. The third kappa shape index (κ3) is 3.77. The fraction of sp³-hybridized carbons (Fsp3) is 0.133. The molecule has 0 aliphatic carbocycles. The molecule has 6 nitrogen and oxygen atoms in total. The van der Waals surface area contributed by atoms with E-state index in [2.05, 4.69) is 9.46 Å². The summed E-state index contributed by atoms with van der Waals surface area (Å²) >= 11 is 5.60. The molecule has 0 aliphatic heterocycles. The van der Waals surface area contributed by atoms with E-state index in [0.29, 0.717) is 0 Å². The highest BCUT2D eigenvalue weighted by atomic mass is 35.5. The summed E-state index contributed by atoms with van der Waals surface area (Å²) in [5.41, 5.74) is 0.299. The molecule has 0 bridgehead atoms. The minimum absolute atomic E-state index is 0.138. The first-order valence-electron chi connectivity index (χ1n) is 6.52. The number of esters is 1. The number of carbonyl (C=O) groups is 1. The van der Waals surface area contributed by atoms with Gasteiger partial charge in [0.25, 0.3) is 10.0 Å². The molecule has 0 fully saturated rings. The van der Waals surface area contributed by atoms with E-state index in [1.807, 2.05) is 0 Å². The second kappa shape index (κ2) is 7.06. The van der Waals surface area contributed by atoms with Crippen LogP contribution in [0.5, 0.6) is 5.75 Å². The Labute approximate surface area is 143 Å². The lowest BCUT2D eigenvalue weighted by Crippen LogP contribution is -2.13. The van der Waals surface area contributed by atoms with Gasteiger partial charge < -0.3 is 9.47 Å². The van der Waals surface area contributed by atoms with Gasteiger partial charge in [-0.25, -0.2) is 17.6 Å². The number of sulfonamides is 1. The number of anilines is 1. The van der Waals surface area contributed by atoms with Crippen LogP contribution in [0, 0.1) is 5.82 Å². The van der Waals surface area contributed by atoms with Crippen molar-refractivity contribution in [1.82, 2.24) is 0 Å². The molecule has 0 spiro atoms. The van der Waals surface area contributed by atoms with Crippen molar-refractivity contribution in [1.29, 1.82) is 0 Å². The molecule has 1 N–H and O–H groups in total. The van der Waals surface area contributed by atoms with Crippen molar-refractivity contribution in [3.63, 3.8) is 0 Å². The Balaban J connectivity index is 2.36. The number of methoxy groups -OCH3 is 2. The second-order valence-electron chi connectivity index (χ2n) is 4.59. The van der Waals surface area contributed by atoms with Gasteiger partial charge in [-0.2, -0.15) is 0 Å². The summed E-state index contributed by atoms with van der Waals surface area (Å²) in [6, 6.07) is 7.10. The lowest BCUT2D eigenvalue weighted by molar-refractivity contribution is 0.0597. The zero-order valence-corrected chi connectivity index (χ0v) is 14.2. The third-order valence-corrected chi connectivity index (χ3v) is 4.73. The number of carbonyl (C=O) groups excluding carboxylic acids is 1. The summed E-state index contributed by atoms with van der Waals surface area (Å²) < 4.78 is 49.8. The van der Waals surface area contributed by atoms with Crippen molar-refractivity contribution in [3.8, 4) is 5.75 Å². The van der Waals surface area contributed by atoms with Gasteiger partial charge in [-0.05, 0) is 30.3 Å². The smallest absolute Gasteiger partial charge is 0.341 e. The van der Waals surface area contributed by atoms with Crippen molar-refractivity contribution in [2.45, 2.75) is 4.90 Å². The summed E-state index contributed by atoms with van der Waals surface area (Å²) in [6.07, 6.45) is 0. The summed E-state index contributed by atoms with van der Waals surface area (Å²) in [5, 5.41) is -0.309. The molecule has 2 rings (SSSR count). The molecule has 0 aliphatic rings. The average Bonchev–Trinajstić information content (AvgIpc) is 2.56. The first kappa shape index (κ1) is 18.0. The predicted octanol–water partition coefficient (Wildman–Crippen LogP) is 3.08. The van der Waals surface area contributed by atoms with Gasteiger partial charge in [-0.15, -0.1) is 0 Å². The van der Waals surface area contributed by atoms with Crippen LogP contribution in [0.2, 0.25) is 5.02 Å². The van der Waals surface area contributed by atoms with Crippen LogP contribution in [0.3, 0.4) is 0 Å². The van der Waals surface area contributed by atoms with Crippen LogP contribution in [-0.4, -0.2) is 28.6 Å². The topological polar surface area (TPSA) is 81.7 Å². The highest BCUT2D eigenvalue weighted by Gasteiger charge is 2.18. The van der Waals surface area contributed by atoms with Gasteiger partial charge in [0.2, 0.25) is 0 Å². The minimum atomic E-state index is -3.99.